The van der Waals surface area contributed by atoms with Crippen LogP contribution in [-0.2, 0) is 0 Å². The highest BCUT2D eigenvalue weighted by molar-refractivity contribution is 6.33. The third-order valence-corrected chi connectivity index (χ3v) is 4.50. The highest BCUT2D eigenvalue weighted by atomic mass is 35.5. The van der Waals surface area contributed by atoms with Crippen molar-refractivity contribution < 1.29 is 14.4 Å². The molecule has 0 unspecified atom stereocenters. The standard InChI is InChI=1S/C19H12ClN3O4/c1-10-13(12-4-2-3-5-15(12)21-10)9-16-19(24)27-18(22-16)11-6-7-14(20)17(8-11)23(25)26/h2-9,24H,1H3/b13-9+. The Balaban J connectivity index is 1.77. The van der Waals surface area contributed by atoms with Gasteiger partial charge in [-0.1, -0.05) is 29.8 Å². The van der Waals surface area contributed by atoms with Crippen LogP contribution in [0.15, 0.2) is 51.9 Å². The van der Waals surface area contributed by atoms with Gasteiger partial charge in [0.15, 0.2) is 0 Å². The molecule has 27 heavy (non-hydrogen) atoms. The van der Waals surface area contributed by atoms with Crippen molar-refractivity contribution in [2.75, 3.05) is 0 Å². The number of nitrogens with zero attached hydrogens (tertiary/aromatic N) is 3. The van der Waals surface area contributed by atoms with E-state index >= 15 is 0 Å². The van der Waals surface area contributed by atoms with Gasteiger partial charge >= 0.3 is 5.95 Å². The zero-order valence-corrected chi connectivity index (χ0v) is 14.8. The second-order valence-electron chi connectivity index (χ2n) is 5.91. The molecule has 134 valence electrons. The van der Waals surface area contributed by atoms with E-state index in [1.54, 1.807) is 6.08 Å². The summed E-state index contributed by atoms with van der Waals surface area (Å²) in [6.07, 6.45) is 1.68. The van der Waals surface area contributed by atoms with E-state index < -0.39 is 4.92 Å². The van der Waals surface area contributed by atoms with Crippen LogP contribution >= 0.6 is 11.6 Å². The molecule has 0 saturated heterocycles. The lowest BCUT2D eigenvalue weighted by atomic mass is 10.0. The number of aromatic hydroxyl groups is 1. The van der Waals surface area contributed by atoms with E-state index in [0.29, 0.717) is 5.56 Å². The van der Waals surface area contributed by atoms with Crippen molar-refractivity contribution in [2.45, 2.75) is 6.92 Å². The molecule has 2 aromatic carbocycles. The molecule has 0 aliphatic carbocycles. The Morgan fingerprint density at radius 1 is 1.26 bits per heavy atom. The fraction of sp³-hybridized carbons (Fsp3) is 0.0526. The van der Waals surface area contributed by atoms with Crippen LogP contribution in [0.2, 0.25) is 5.02 Å². The number of allylic oxidation sites excluding steroid dienone is 1. The minimum atomic E-state index is -0.590. The molecular weight excluding hydrogens is 370 g/mol. The van der Waals surface area contributed by atoms with Crippen molar-refractivity contribution in [1.29, 1.82) is 0 Å². The molecule has 8 heteroatoms. The molecule has 1 aromatic heterocycles. The van der Waals surface area contributed by atoms with Crippen LogP contribution in [0.5, 0.6) is 5.95 Å². The Kier molecular flexibility index (Phi) is 4.01. The fourth-order valence-electron chi connectivity index (χ4n) is 2.88. The number of hydrogen-bond donors (Lipinski definition) is 1. The molecule has 0 saturated carbocycles. The first kappa shape index (κ1) is 17.0. The van der Waals surface area contributed by atoms with Crippen LogP contribution in [0, 0.1) is 10.1 Å². The summed E-state index contributed by atoms with van der Waals surface area (Å²) in [5, 5.41) is 21.2. The van der Waals surface area contributed by atoms with Crippen LogP contribution in [0.4, 0.5) is 11.4 Å². The second-order valence-corrected chi connectivity index (χ2v) is 6.31. The Morgan fingerprint density at radius 3 is 2.81 bits per heavy atom. The van der Waals surface area contributed by atoms with Crippen molar-refractivity contribution >= 4 is 40.3 Å². The Bertz CT molecular complexity index is 1150. The van der Waals surface area contributed by atoms with Gasteiger partial charge < -0.3 is 9.52 Å². The summed E-state index contributed by atoms with van der Waals surface area (Å²) in [5.41, 5.74) is 3.68. The average Bonchev–Trinajstić information content (AvgIpc) is 3.16. The molecule has 7 nitrogen and oxygen atoms in total. The molecule has 0 amide bonds. The van der Waals surface area contributed by atoms with Crippen LogP contribution in [0.3, 0.4) is 0 Å². The molecule has 3 aromatic rings. The first-order chi connectivity index (χ1) is 12.9. The van der Waals surface area contributed by atoms with Gasteiger partial charge in [-0.3, -0.25) is 15.1 Å². The van der Waals surface area contributed by atoms with E-state index in [2.05, 4.69) is 9.98 Å². The molecule has 0 bridgehead atoms. The number of hydrogen-bond acceptors (Lipinski definition) is 6. The molecule has 0 fully saturated rings. The molecular formula is C19H12ClN3O4. The predicted molar refractivity (Wildman–Crippen MR) is 102 cm³/mol. The summed E-state index contributed by atoms with van der Waals surface area (Å²) in [6.45, 7) is 1.87. The summed E-state index contributed by atoms with van der Waals surface area (Å²) in [6, 6.07) is 11.8. The minimum absolute atomic E-state index is 0.0104. The van der Waals surface area contributed by atoms with Crippen LogP contribution < -0.4 is 0 Å². The topological polar surface area (TPSA) is 102 Å². The van der Waals surface area contributed by atoms with Gasteiger partial charge in [0.05, 0.1) is 10.6 Å². The van der Waals surface area contributed by atoms with Gasteiger partial charge in [-0.2, -0.15) is 0 Å². The molecule has 0 radical (unpaired) electrons. The Hall–Kier alpha value is -3.45. The number of halogens is 1. The Morgan fingerprint density at radius 2 is 2.04 bits per heavy atom. The maximum atomic E-state index is 11.1. The maximum absolute atomic E-state index is 11.1. The number of nitro groups is 1. The van der Waals surface area contributed by atoms with Gasteiger partial charge in [0.2, 0.25) is 5.89 Å². The Labute approximate surface area is 158 Å². The molecule has 1 aliphatic rings. The predicted octanol–water partition coefficient (Wildman–Crippen LogP) is 5.26. The SMILES string of the molecule is CC1=Nc2ccccc2/C1=C/c1nc(-c2ccc(Cl)c([N+](=O)[O-])c2)oc1O. The van der Waals surface area contributed by atoms with Crippen molar-refractivity contribution in [3.63, 3.8) is 0 Å². The van der Waals surface area contributed by atoms with Crippen LogP contribution in [-0.4, -0.2) is 20.7 Å². The van der Waals surface area contributed by atoms with Crippen molar-refractivity contribution in [3.05, 3.63) is 68.9 Å². The van der Waals surface area contributed by atoms with Crippen molar-refractivity contribution in [3.8, 4) is 17.4 Å². The number of fused-ring (bicyclic) bond motifs is 1. The van der Waals surface area contributed by atoms with Gasteiger partial charge in [-0.05, 0) is 31.2 Å². The van der Waals surface area contributed by atoms with Gasteiger partial charge in [0.1, 0.15) is 10.7 Å². The molecule has 0 spiro atoms. The molecule has 0 atom stereocenters. The summed E-state index contributed by atoms with van der Waals surface area (Å²) in [7, 11) is 0. The van der Waals surface area contributed by atoms with E-state index in [9.17, 15) is 15.2 Å². The highest BCUT2D eigenvalue weighted by Crippen LogP contribution is 2.38. The van der Waals surface area contributed by atoms with E-state index in [-0.39, 0.29) is 28.2 Å². The zero-order valence-electron chi connectivity index (χ0n) is 14.0. The quantitative estimate of drug-likeness (QED) is 0.492. The number of rotatable bonds is 3. The summed E-state index contributed by atoms with van der Waals surface area (Å²) < 4.78 is 5.30. The van der Waals surface area contributed by atoms with E-state index in [0.717, 1.165) is 22.5 Å². The number of oxazole rings is 1. The number of aliphatic imine (C=N–C) groups is 1. The lowest BCUT2D eigenvalue weighted by Gasteiger charge is -1.99. The summed E-state index contributed by atoms with van der Waals surface area (Å²) >= 11 is 5.83. The fourth-order valence-corrected chi connectivity index (χ4v) is 3.07. The molecule has 1 N–H and O–H groups in total. The molecule has 1 aliphatic heterocycles. The van der Waals surface area contributed by atoms with Gasteiger partial charge in [-0.15, -0.1) is 0 Å². The van der Waals surface area contributed by atoms with Crippen molar-refractivity contribution in [1.82, 2.24) is 4.98 Å². The maximum Gasteiger partial charge on any atom is 0.310 e. The van der Waals surface area contributed by atoms with Crippen LogP contribution in [0.1, 0.15) is 18.2 Å². The minimum Gasteiger partial charge on any atom is -0.479 e. The largest absolute Gasteiger partial charge is 0.479 e. The first-order valence-electron chi connectivity index (χ1n) is 7.95. The lowest BCUT2D eigenvalue weighted by Crippen LogP contribution is -1.91. The second kappa shape index (κ2) is 6.37. The number of nitro benzene ring substituents is 1. The smallest absolute Gasteiger partial charge is 0.310 e. The van der Waals surface area contributed by atoms with E-state index in [4.69, 9.17) is 16.0 Å². The van der Waals surface area contributed by atoms with E-state index in [1.807, 2.05) is 31.2 Å². The van der Waals surface area contributed by atoms with Crippen LogP contribution in [0.25, 0.3) is 23.1 Å². The van der Waals surface area contributed by atoms with E-state index in [1.165, 1.54) is 18.2 Å². The monoisotopic (exact) mass is 381 g/mol. The lowest BCUT2D eigenvalue weighted by molar-refractivity contribution is -0.384. The van der Waals surface area contributed by atoms with Gasteiger partial charge in [-0.25, -0.2) is 4.98 Å². The number of para-hydroxylation sites is 1. The van der Waals surface area contributed by atoms with Gasteiger partial charge in [0, 0.05) is 28.5 Å². The normalized spacial score (nSPS) is 14.3. The highest BCUT2D eigenvalue weighted by Gasteiger charge is 2.21. The molecule has 2 heterocycles. The van der Waals surface area contributed by atoms with Crippen molar-refractivity contribution in [2.24, 2.45) is 4.99 Å². The third kappa shape index (κ3) is 2.98. The average molecular weight is 382 g/mol. The number of benzene rings is 2. The zero-order chi connectivity index (χ0) is 19.1. The number of aromatic nitrogens is 1. The third-order valence-electron chi connectivity index (χ3n) is 4.18. The first-order valence-corrected chi connectivity index (χ1v) is 8.32. The van der Waals surface area contributed by atoms with Gasteiger partial charge in [0.25, 0.3) is 5.69 Å². The summed E-state index contributed by atoms with van der Waals surface area (Å²) in [4.78, 5) is 19.2. The summed E-state index contributed by atoms with van der Waals surface area (Å²) in [5.74, 6) is -0.327. The molecule has 4 rings (SSSR count).